The van der Waals surface area contributed by atoms with Crippen LogP contribution in [-0.2, 0) is 21.2 Å². The average Bonchev–Trinajstić information content (AvgIpc) is 3.00. The first-order valence-corrected chi connectivity index (χ1v) is 9.27. The summed E-state index contributed by atoms with van der Waals surface area (Å²) < 4.78 is 27.3. The molecule has 0 spiro atoms. The first-order chi connectivity index (χ1) is 10.5. The standard InChI is InChI=1S/C15H16N2O3S2/c1-11(18)16-13-6-7-14-12(10-13)4-2-8-17(14)22(19,20)15-5-3-9-21-15/h3,5-7,9-10H,2,4,8H2,1H3,(H,16,18). The summed E-state index contributed by atoms with van der Waals surface area (Å²) in [6.45, 7) is 1.93. The number of sulfonamides is 1. The van der Waals surface area contributed by atoms with E-state index >= 15 is 0 Å². The highest BCUT2D eigenvalue weighted by molar-refractivity contribution is 7.94. The lowest BCUT2D eigenvalue weighted by molar-refractivity contribution is -0.114. The van der Waals surface area contributed by atoms with Crippen molar-refractivity contribution in [3.63, 3.8) is 0 Å². The van der Waals surface area contributed by atoms with E-state index in [0.29, 0.717) is 22.1 Å². The number of rotatable bonds is 3. The number of benzene rings is 1. The number of hydrogen-bond acceptors (Lipinski definition) is 4. The monoisotopic (exact) mass is 336 g/mol. The van der Waals surface area contributed by atoms with Crippen molar-refractivity contribution in [2.24, 2.45) is 0 Å². The van der Waals surface area contributed by atoms with Crippen LogP contribution in [-0.4, -0.2) is 20.9 Å². The zero-order valence-corrected chi connectivity index (χ0v) is 13.7. The van der Waals surface area contributed by atoms with Crippen LogP contribution in [0.3, 0.4) is 0 Å². The zero-order chi connectivity index (χ0) is 15.7. The fourth-order valence-corrected chi connectivity index (χ4v) is 5.26. The summed E-state index contributed by atoms with van der Waals surface area (Å²) in [6, 6.07) is 8.72. The topological polar surface area (TPSA) is 66.5 Å². The third kappa shape index (κ3) is 2.74. The Morgan fingerprint density at radius 1 is 1.32 bits per heavy atom. The van der Waals surface area contributed by atoms with Crippen molar-refractivity contribution < 1.29 is 13.2 Å². The molecule has 1 amide bonds. The number of carbonyl (C=O) groups excluding carboxylic acids is 1. The van der Waals surface area contributed by atoms with E-state index in [1.54, 1.807) is 29.6 Å². The highest BCUT2D eigenvalue weighted by Gasteiger charge is 2.29. The van der Waals surface area contributed by atoms with Crippen LogP contribution < -0.4 is 9.62 Å². The summed E-state index contributed by atoms with van der Waals surface area (Å²) in [5.41, 5.74) is 2.34. The molecule has 0 saturated carbocycles. The molecule has 116 valence electrons. The summed E-state index contributed by atoms with van der Waals surface area (Å²) in [5.74, 6) is -0.140. The van der Waals surface area contributed by atoms with Gasteiger partial charge in [-0.25, -0.2) is 8.42 Å². The Labute approximate surface area is 133 Å². The predicted molar refractivity (Wildman–Crippen MR) is 87.9 cm³/mol. The molecule has 1 aliphatic heterocycles. The molecular weight excluding hydrogens is 320 g/mol. The van der Waals surface area contributed by atoms with Crippen LogP contribution in [0.1, 0.15) is 18.9 Å². The third-order valence-corrected chi connectivity index (χ3v) is 6.70. The van der Waals surface area contributed by atoms with E-state index < -0.39 is 10.0 Å². The van der Waals surface area contributed by atoms with Gasteiger partial charge in [0.2, 0.25) is 5.91 Å². The minimum Gasteiger partial charge on any atom is -0.326 e. The highest BCUT2D eigenvalue weighted by atomic mass is 32.2. The summed E-state index contributed by atoms with van der Waals surface area (Å²) in [4.78, 5) is 11.1. The Hall–Kier alpha value is -1.86. The van der Waals surface area contributed by atoms with Gasteiger partial charge in [-0.15, -0.1) is 11.3 Å². The Morgan fingerprint density at radius 3 is 2.82 bits per heavy atom. The molecule has 2 aromatic rings. The van der Waals surface area contributed by atoms with E-state index in [9.17, 15) is 13.2 Å². The Morgan fingerprint density at radius 2 is 2.14 bits per heavy atom. The van der Waals surface area contributed by atoms with E-state index in [1.807, 2.05) is 6.07 Å². The molecule has 0 saturated heterocycles. The molecule has 1 aromatic carbocycles. The minimum absolute atomic E-state index is 0.140. The summed E-state index contributed by atoms with van der Waals surface area (Å²) in [5, 5.41) is 4.49. The van der Waals surface area contributed by atoms with Crippen LogP contribution in [0.2, 0.25) is 0 Å². The molecule has 0 aliphatic carbocycles. The van der Waals surface area contributed by atoms with Crippen LogP contribution >= 0.6 is 11.3 Å². The average molecular weight is 336 g/mol. The number of thiophene rings is 1. The number of anilines is 2. The number of carbonyl (C=O) groups is 1. The molecule has 0 fully saturated rings. The highest BCUT2D eigenvalue weighted by Crippen LogP contribution is 2.34. The van der Waals surface area contributed by atoms with E-state index in [4.69, 9.17) is 0 Å². The second-order valence-electron chi connectivity index (χ2n) is 5.14. The van der Waals surface area contributed by atoms with Crippen LogP contribution in [0.25, 0.3) is 0 Å². The maximum absolute atomic E-state index is 12.7. The second kappa shape index (κ2) is 5.73. The number of amides is 1. The molecule has 7 heteroatoms. The van der Waals surface area contributed by atoms with Gasteiger partial charge in [-0.05, 0) is 48.1 Å². The Kier molecular flexibility index (Phi) is 3.92. The maximum Gasteiger partial charge on any atom is 0.273 e. The molecule has 0 bridgehead atoms. The van der Waals surface area contributed by atoms with Gasteiger partial charge in [0.05, 0.1) is 5.69 Å². The van der Waals surface area contributed by atoms with Gasteiger partial charge in [0.1, 0.15) is 4.21 Å². The maximum atomic E-state index is 12.7. The van der Waals surface area contributed by atoms with Crippen molar-refractivity contribution in [3.05, 3.63) is 41.3 Å². The fraction of sp³-hybridized carbons (Fsp3) is 0.267. The molecule has 3 rings (SSSR count). The van der Waals surface area contributed by atoms with Crippen molar-refractivity contribution in [2.75, 3.05) is 16.2 Å². The molecule has 0 radical (unpaired) electrons. The van der Waals surface area contributed by atoms with E-state index in [-0.39, 0.29) is 5.91 Å². The van der Waals surface area contributed by atoms with Crippen molar-refractivity contribution >= 4 is 38.6 Å². The Bertz CT molecular complexity index is 798. The van der Waals surface area contributed by atoms with Gasteiger partial charge < -0.3 is 5.32 Å². The number of nitrogens with one attached hydrogen (secondary N) is 1. The van der Waals surface area contributed by atoms with Gasteiger partial charge in [0.25, 0.3) is 10.0 Å². The van der Waals surface area contributed by atoms with Crippen LogP contribution in [0, 0.1) is 0 Å². The van der Waals surface area contributed by atoms with Gasteiger partial charge >= 0.3 is 0 Å². The Balaban J connectivity index is 2.00. The lowest BCUT2D eigenvalue weighted by atomic mass is 10.0. The number of fused-ring (bicyclic) bond motifs is 1. The van der Waals surface area contributed by atoms with Gasteiger partial charge in [-0.3, -0.25) is 9.10 Å². The molecule has 5 nitrogen and oxygen atoms in total. The van der Waals surface area contributed by atoms with Gasteiger partial charge in [-0.2, -0.15) is 0 Å². The van der Waals surface area contributed by atoms with Crippen molar-refractivity contribution in [2.45, 2.75) is 24.0 Å². The zero-order valence-electron chi connectivity index (χ0n) is 12.1. The molecule has 1 N–H and O–H groups in total. The SMILES string of the molecule is CC(=O)Nc1ccc2c(c1)CCCN2S(=O)(=O)c1cccs1. The predicted octanol–water partition coefficient (Wildman–Crippen LogP) is 2.85. The fourth-order valence-electron chi connectivity index (χ4n) is 2.61. The van der Waals surface area contributed by atoms with E-state index in [2.05, 4.69) is 5.32 Å². The summed E-state index contributed by atoms with van der Waals surface area (Å²) in [6.07, 6.45) is 1.57. The molecule has 1 aliphatic rings. The van der Waals surface area contributed by atoms with E-state index in [1.165, 1.54) is 22.6 Å². The normalized spacial score (nSPS) is 14.5. The first kappa shape index (κ1) is 15.1. The number of hydrogen-bond donors (Lipinski definition) is 1. The van der Waals surface area contributed by atoms with Crippen molar-refractivity contribution in [1.29, 1.82) is 0 Å². The molecule has 1 aromatic heterocycles. The minimum atomic E-state index is -3.50. The third-order valence-electron chi connectivity index (χ3n) is 3.52. The molecular formula is C15H16N2O3S2. The number of aryl methyl sites for hydroxylation is 1. The lowest BCUT2D eigenvalue weighted by Gasteiger charge is -2.30. The summed E-state index contributed by atoms with van der Waals surface area (Å²) >= 11 is 1.22. The van der Waals surface area contributed by atoms with E-state index in [0.717, 1.165) is 18.4 Å². The smallest absolute Gasteiger partial charge is 0.273 e. The molecule has 22 heavy (non-hydrogen) atoms. The van der Waals surface area contributed by atoms with Crippen LogP contribution in [0.15, 0.2) is 39.9 Å². The summed E-state index contributed by atoms with van der Waals surface area (Å²) in [7, 11) is -3.50. The van der Waals surface area contributed by atoms with Gasteiger partial charge in [0, 0.05) is 19.2 Å². The largest absolute Gasteiger partial charge is 0.326 e. The van der Waals surface area contributed by atoms with Crippen LogP contribution in [0.4, 0.5) is 11.4 Å². The molecule has 2 heterocycles. The quantitative estimate of drug-likeness (QED) is 0.937. The second-order valence-corrected chi connectivity index (χ2v) is 8.17. The molecule has 0 atom stereocenters. The van der Waals surface area contributed by atoms with Gasteiger partial charge in [0.15, 0.2) is 0 Å². The van der Waals surface area contributed by atoms with Crippen molar-refractivity contribution in [3.8, 4) is 0 Å². The first-order valence-electron chi connectivity index (χ1n) is 6.95. The molecule has 0 unspecified atom stereocenters. The van der Waals surface area contributed by atoms with Crippen LogP contribution in [0.5, 0.6) is 0 Å². The lowest BCUT2D eigenvalue weighted by Crippen LogP contribution is -2.35. The van der Waals surface area contributed by atoms with Gasteiger partial charge in [-0.1, -0.05) is 6.07 Å². The number of nitrogens with zero attached hydrogens (tertiary/aromatic N) is 1. The van der Waals surface area contributed by atoms with Crippen molar-refractivity contribution in [1.82, 2.24) is 0 Å².